The molecule has 0 aromatic heterocycles. The first-order valence-corrected chi connectivity index (χ1v) is 16.1. The fourth-order valence-corrected chi connectivity index (χ4v) is 6.40. The van der Waals surface area contributed by atoms with Crippen LogP contribution < -0.4 is 9.47 Å². The first kappa shape index (κ1) is 33.0. The summed E-state index contributed by atoms with van der Waals surface area (Å²) < 4.78 is 24.4. The molecule has 2 saturated carbocycles. The second-order valence-corrected chi connectivity index (χ2v) is 12.5. The van der Waals surface area contributed by atoms with Gasteiger partial charge in [0.25, 0.3) is 0 Å². The Bertz CT molecular complexity index is 1210. The third kappa shape index (κ3) is 7.61. The number of carbonyl (C=O) groups is 2. The predicted molar refractivity (Wildman–Crippen MR) is 169 cm³/mol. The van der Waals surface area contributed by atoms with Gasteiger partial charge in [0.1, 0.15) is 17.3 Å². The number of rotatable bonds is 17. The highest BCUT2D eigenvalue weighted by atomic mass is 16.5. The monoisotopic (exact) mass is 593 g/mol. The third-order valence-corrected chi connectivity index (χ3v) is 9.41. The molecule has 0 unspecified atom stereocenters. The van der Waals surface area contributed by atoms with E-state index in [0.29, 0.717) is 45.8 Å². The Balaban J connectivity index is 1.62. The van der Waals surface area contributed by atoms with Crippen LogP contribution in [0.25, 0.3) is 0 Å². The van der Waals surface area contributed by atoms with Crippen LogP contribution >= 0.6 is 0 Å². The van der Waals surface area contributed by atoms with Gasteiger partial charge in [-0.05, 0) is 95.9 Å². The normalized spacial score (nSPS) is 21.8. The molecular weight excluding hydrogens is 542 g/mol. The summed E-state index contributed by atoms with van der Waals surface area (Å²) >= 11 is 0. The Morgan fingerprint density at radius 3 is 2.05 bits per heavy atom. The predicted octanol–water partition coefficient (Wildman–Crippen LogP) is 7.37. The van der Waals surface area contributed by atoms with Gasteiger partial charge in [0.15, 0.2) is 0 Å². The van der Waals surface area contributed by atoms with Crippen LogP contribution in [0.2, 0.25) is 0 Å². The van der Waals surface area contributed by atoms with E-state index in [1.54, 1.807) is 6.92 Å². The van der Waals surface area contributed by atoms with Gasteiger partial charge in [0.2, 0.25) is 5.91 Å². The molecule has 2 aromatic carbocycles. The van der Waals surface area contributed by atoms with Crippen LogP contribution in [0.1, 0.15) is 109 Å². The minimum absolute atomic E-state index is 0.0291. The summed E-state index contributed by atoms with van der Waals surface area (Å²) in [5.41, 5.74) is 2.53. The van der Waals surface area contributed by atoms with E-state index in [1.165, 1.54) is 0 Å². The topological polar surface area (TPSA) is 74.3 Å². The maximum atomic E-state index is 14.2. The molecule has 0 saturated heterocycles. The molecule has 2 aliphatic carbocycles. The molecule has 0 bridgehead atoms. The zero-order valence-electron chi connectivity index (χ0n) is 27.2. The van der Waals surface area contributed by atoms with Crippen molar-refractivity contribution in [2.45, 2.75) is 104 Å². The van der Waals surface area contributed by atoms with Gasteiger partial charge in [-0.25, -0.2) is 0 Å². The van der Waals surface area contributed by atoms with Gasteiger partial charge >= 0.3 is 0 Å². The van der Waals surface area contributed by atoms with Gasteiger partial charge in [0.05, 0.1) is 38.1 Å². The molecule has 43 heavy (non-hydrogen) atoms. The van der Waals surface area contributed by atoms with Crippen molar-refractivity contribution in [3.8, 4) is 11.5 Å². The molecule has 1 amide bonds. The fraction of sp³-hybridized carbons (Fsp3) is 0.611. The first-order valence-electron chi connectivity index (χ1n) is 16.1. The summed E-state index contributed by atoms with van der Waals surface area (Å²) in [5, 5.41) is 0. The van der Waals surface area contributed by atoms with Gasteiger partial charge < -0.3 is 23.8 Å². The van der Waals surface area contributed by atoms with E-state index < -0.39 is 5.41 Å². The van der Waals surface area contributed by atoms with Crippen molar-refractivity contribution in [2.24, 2.45) is 5.41 Å². The van der Waals surface area contributed by atoms with Crippen LogP contribution in [0.4, 0.5) is 0 Å². The highest BCUT2D eigenvalue weighted by molar-refractivity contribution is 5.90. The Kier molecular flexibility index (Phi) is 10.9. The van der Waals surface area contributed by atoms with Crippen molar-refractivity contribution >= 4 is 11.7 Å². The molecule has 2 atom stereocenters. The molecule has 0 N–H and O–H groups in total. The van der Waals surface area contributed by atoms with E-state index >= 15 is 0 Å². The average molecular weight is 594 g/mol. The Labute approximate surface area is 258 Å². The van der Waals surface area contributed by atoms with Crippen LogP contribution in [0, 0.1) is 5.41 Å². The summed E-state index contributed by atoms with van der Waals surface area (Å²) in [7, 11) is 0. The molecule has 0 spiro atoms. The Hall–Kier alpha value is -2.90. The van der Waals surface area contributed by atoms with Gasteiger partial charge in [-0.3, -0.25) is 9.59 Å². The second-order valence-electron chi connectivity index (χ2n) is 12.5. The highest BCUT2D eigenvalue weighted by Gasteiger charge is 2.50. The number of carbonyl (C=O) groups excluding carboxylic acids is 2. The molecule has 7 nitrogen and oxygen atoms in total. The summed E-state index contributed by atoms with van der Waals surface area (Å²) in [4.78, 5) is 28.9. The molecule has 2 fully saturated rings. The van der Waals surface area contributed by atoms with Crippen LogP contribution in [0.15, 0.2) is 42.5 Å². The molecular formula is C36H51NO6. The van der Waals surface area contributed by atoms with E-state index in [-0.39, 0.29) is 41.8 Å². The summed E-state index contributed by atoms with van der Waals surface area (Å²) in [6, 6.07) is 14.0. The van der Waals surface area contributed by atoms with Crippen LogP contribution in [-0.2, 0) is 24.5 Å². The number of hydrogen-bond donors (Lipinski definition) is 0. The molecule has 4 rings (SSSR count). The van der Waals surface area contributed by atoms with Gasteiger partial charge in [-0.15, -0.1) is 0 Å². The highest BCUT2D eigenvalue weighted by Crippen LogP contribution is 2.55. The lowest BCUT2D eigenvalue weighted by Crippen LogP contribution is -2.50. The minimum Gasteiger partial charge on any atom is -0.493 e. The summed E-state index contributed by atoms with van der Waals surface area (Å²) in [6.45, 7) is 16.3. The molecule has 0 radical (unpaired) electrons. The number of ketones is 1. The largest absolute Gasteiger partial charge is 0.493 e. The van der Waals surface area contributed by atoms with Crippen molar-refractivity contribution in [2.75, 3.05) is 33.0 Å². The van der Waals surface area contributed by atoms with Crippen molar-refractivity contribution in [1.29, 1.82) is 0 Å². The van der Waals surface area contributed by atoms with E-state index in [2.05, 4.69) is 19.1 Å². The van der Waals surface area contributed by atoms with Gasteiger partial charge in [0, 0.05) is 30.6 Å². The Morgan fingerprint density at radius 2 is 1.53 bits per heavy atom. The van der Waals surface area contributed by atoms with Crippen molar-refractivity contribution in [3.05, 3.63) is 59.2 Å². The quantitative estimate of drug-likeness (QED) is 0.191. The molecule has 2 aliphatic rings. The average Bonchev–Trinajstić information content (AvgIpc) is 3.71. The maximum Gasteiger partial charge on any atom is 0.224 e. The van der Waals surface area contributed by atoms with Crippen molar-refractivity contribution < 1.29 is 28.5 Å². The summed E-state index contributed by atoms with van der Waals surface area (Å²) in [6.07, 6.45) is 3.45. The number of benzene rings is 2. The molecule has 2 aromatic rings. The molecule has 236 valence electrons. The Morgan fingerprint density at radius 1 is 0.930 bits per heavy atom. The zero-order chi connectivity index (χ0) is 31.2. The summed E-state index contributed by atoms with van der Waals surface area (Å²) in [5.74, 6) is 1.66. The number of amides is 1. The lowest BCUT2D eigenvalue weighted by molar-refractivity contribution is -0.155. The SMILES string of the molecule is CCOc1cc([C@@H](C)N(CCO[C@@H](C)c2ccccc2)C(=O)CC2(C(C)=O)CC(OCC)C2)cc(OCC)c1C1(C)CC1. The number of nitrogens with zero attached hydrogens (tertiary/aromatic N) is 1. The number of ether oxygens (including phenoxy) is 4. The molecule has 0 heterocycles. The van der Waals surface area contributed by atoms with E-state index in [0.717, 1.165) is 41.0 Å². The van der Waals surface area contributed by atoms with Gasteiger partial charge in [-0.1, -0.05) is 37.3 Å². The fourth-order valence-electron chi connectivity index (χ4n) is 6.40. The van der Waals surface area contributed by atoms with E-state index in [1.807, 2.05) is 69.9 Å². The number of hydrogen-bond acceptors (Lipinski definition) is 6. The lowest BCUT2D eigenvalue weighted by atomic mass is 9.62. The van der Waals surface area contributed by atoms with Crippen LogP contribution in [0.3, 0.4) is 0 Å². The van der Waals surface area contributed by atoms with E-state index in [4.69, 9.17) is 18.9 Å². The smallest absolute Gasteiger partial charge is 0.224 e. The maximum absolute atomic E-state index is 14.2. The number of Topliss-reactive ketones (excluding diaryl/α,β-unsaturated/α-hetero) is 1. The van der Waals surface area contributed by atoms with Crippen molar-refractivity contribution in [1.82, 2.24) is 4.90 Å². The molecule has 7 heteroatoms. The van der Waals surface area contributed by atoms with Crippen LogP contribution in [0.5, 0.6) is 11.5 Å². The standard InChI is InChI=1S/C36H51NO6/c1-8-40-30-22-36(23-30,27(6)38)24-33(39)37(18-19-43-26(5)28-14-12-11-13-15-28)25(4)29-20-31(41-9-2)34(35(7)16-17-35)32(21-29)42-10-3/h11-15,20-21,25-26,30H,8-10,16-19,22-24H2,1-7H3/t25-,26+,30?,36?/m1/s1. The van der Waals surface area contributed by atoms with Gasteiger partial charge in [-0.2, -0.15) is 0 Å². The minimum atomic E-state index is -0.676. The van der Waals surface area contributed by atoms with E-state index in [9.17, 15) is 9.59 Å². The van der Waals surface area contributed by atoms with Crippen molar-refractivity contribution in [3.63, 3.8) is 0 Å². The first-order chi connectivity index (χ1) is 20.6. The third-order valence-electron chi connectivity index (χ3n) is 9.41. The van der Waals surface area contributed by atoms with Crippen LogP contribution in [-0.4, -0.2) is 55.7 Å². The lowest BCUT2D eigenvalue weighted by Gasteiger charge is -2.46. The zero-order valence-corrected chi connectivity index (χ0v) is 27.2. The second kappa shape index (κ2) is 14.3. The molecule has 0 aliphatic heterocycles.